The van der Waals surface area contributed by atoms with Crippen molar-refractivity contribution in [2.24, 2.45) is 5.92 Å². The standard InChI is InChI=1S/C28H27NO4/c1-16(2)28(31)33-23-14-12-18(15-24(23)32-3)25-26-19-8-5-4-7-17(19)11-13-21(26)29-20-9-6-10-22(30)27(20)25/h4-5,7-8,11-16,25,29H,6,9-10H2,1-3H3. The molecule has 0 amide bonds. The van der Waals surface area contributed by atoms with Crippen LogP contribution in [-0.2, 0) is 9.59 Å². The Hall–Kier alpha value is -3.60. The molecule has 168 valence electrons. The smallest absolute Gasteiger partial charge is 0.313 e. The molecule has 5 heteroatoms. The molecule has 0 spiro atoms. The fraction of sp³-hybridized carbons (Fsp3) is 0.286. The van der Waals surface area contributed by atoms with Gasteiger partial charge in [-0.25, -0.2) is 0 Å². The van der Waals surface area contributed by atoms with E-state index in [4.69, 9.17) is 9.47 Å². The number of rotatable bonds is 4. The normalized spacial score (nSPS) is 17.5. The predicted octanol–water partition coefficient (Wildman–Crippen LogP) is 5.97. The summed E-state index contributed by atoms with van der Waals surface area (Å²) in [4.78, 5) is 25.4. The third-order valence-corrected chi connectivity index (χ3v) is 6.49. The molecule has 1 aliphatic carbocycles. The summed E-state index contributed by atoms with van der Waals surface area (Å²) in [7, 11) is 1.56. The highest BCUT2D eigenvalue weighted by Gasteiger charge is 2.36. The van der Waals surface area contributed by atoms with Gasteiger partial charge in [0.1, 0.15) is 0 Å². The molecule has 0 radical (unpaired) electrons. The van der Waals surface area contributed by atoms with Gasteiger partial charge in [-0.1, -0.05) is 50.2 Å². The summed E-state index contributed by atoms with van der Waals surface area (Å²) in [6.45, 7) is 3.59. The Morgan fingerprint density at radius 1 is 1.03 bits per heavy atom. The van der Waals surface area contributed by atoms with E-state index in [0.29, 0.717) is 17.9 Å². The van der Waals surface area contributed by atoms with Crippen LogP contribution in [0.2, 0.25) is 0 Å². The lowest BCUT2D eigenvalue weighted by Gasteiger charge is -2.35. The number of anilines is 1. The van der Waals surface area contributed by atoms with Crippen molar-refractivity contribution in [3.63, 3.8) is 0 Å². The second-order valence-electron chi connectivity index (χ2n) is 8.96. The Balaban J connectivity index is 1.70. The van der Waals surface area contributed by atoms with Crippen molar-refractivity contribution in [2.45, 2.75) is 39.0 Å². The van der Waals surface area contributed by atoms with Gasteiger partial charge in [-0.15, -0.1) is 0 Å². The molecule has 1 atom stereocenters. The van der Waals surface area contributed by atoms with E-state index in [1.807, 2.05) is 24.3 Å². The van der Waals surface area contributed by atoms with Crippen molar-refractivity contribution >= 4 is 28.2 Å². The van der Waals surface area contributed by atoms with Gasteiger partial charge in [-0.3, -0.25) is 9.59 Å². The maximum atomic E-state index is 13.2. The van der Waals surface area contributed by atoms with Crippen LogP contribution in [0.5, 0.6) is 11.5 Å². The Morgan fingerprint density at radius 3 is 2.64 bits per heavy atom. The van der Waals surface area contributed by atoms with Crippen molar-refractivity contribution < 1.29 is 19.1 Å². The minimum atomic E-state index is -0.313. The first-order valence-corrected chi connectivity index (χ1v) is 11.4. The molecule has 1 unspecified atom stereocenters. The predicted molar refractivity (Wildman–Crippen MR) is 129 cm³/mol. The zero-order chi connectivity index (χ0) is 23.1. The first-order valence-electron chi connectivity index (χ1n) is 11.4. The number of ether oxygens (including phenoxy) is 2. The van der Waals surface area contributed by atoms with E-state index in [1.54, 1.807) is 27.0 Å². The molecule has 0 saturated carbocycles. The number of esters is 1. The first-order chi connectivity index (χ1) is 16.0. The number of benzene rings is 3. The Kier molecular flexibility index (Phi) is 5.41. The molecule has 0 aromatic heterocycles. The fourth-order valence-electron chi connectivity index (χ4n) is 4.86. The average Bonchev–Trinajstić information content (AvgIpc) is 2.83. The van der Waals surface area contributed by atoms with Crippen LogP contribution < -0.4 is 14.8 Å². The number of methoxy groups -OCH3 is 1. The monoisotopic (exact) mass is 441 g/mol. The summed E-state index contributed by atoms with van der Waals surface area (Å²) in [5.74, 6) is 0.264. The van der Waals surface area contributed by atoms with E-state index < -0.39 is 0 Å². The second-order valence-corrected chi connectivity index (χ2v) is 8.96. The number of carbonyl (C=O) groups excluding carboxylic acids is 2. The quantitative estimate of drug-likeness (QED) is 0.399. The number of allylic oxidation sites excluding steroid dienone is 2. The average molecular weight is 442 g/mol. The molecule has 0 saturated heterocycles. The zero-order valence-electron chi connectivity index (χ0n) is 19.1. The highest BCUT2D eigenvalue weighted by atomic mass is 16.6. The van der Waals surface area contributed by atoms with Crippen LogP contribution in [0.4, 0.5) is 5.69 Å². The van der Waals surface area contributed by atoms with Crippen LogP contribution in [0.3, 0.4) is 0 Å². The largest absolute Gasteiger partial charge is 0.493 e. The number of hydrogen-bond donors (Lipinski definition) is 1. The van der Waals surface area contributed by atoms with Gasteiger partial charge in [0.05, 0.1) is 13.0 Å². The third kappa shape index (κ3) is 3.67. The van der Waals surface area contributed by atoms with Crippen molar-refractivity contribution in [2.75, 3.05) is 12.4 Å². The maximum absolute atomic E-state index is 13.2. The van der Waals surface area contributed by atoms with Gasteiger partial charge in [0, 0.05) is 29.3 Å². The first kappa shape index (κ1) is 21.3. The molecule has 2 aliphatic rings. The number of hydrogen-bond acceptors (Lipinski definition) is 5. The van der Waals surface area contributed by atoms with Gasteiger partial charge >= 0.3 is 5.97 Å². The van der Waals surface area contributed by atoms with Crippen LogP contribution in [0, 0.1) is 5.92 Å². The topological polar surface area (TPSA) is 64.6 Å². The highest BCUT2D eigenvalue weighted by molar-refractivity contribution is 6.04. The molecule has 1 aliphatic heterocycles. The van der Waals surface area contributed by atoms with E-state index in [2.05, 4.69) is 29.6 Å². The summed E-state index contributed by atoms with van der Waals surface area (Å²) in [6, 6.07) is 18.1. The van der Waals surface area contributed by atoms with E-state index in [1.165, 1.54) is 0 Å². The molecule has 33 heavy (non-hydrogen) atoms. The summed E-state index contributed by atoms with van der Waals surface area (Å²) >= 11 is 0. The van der Waals surface area contributed by atoms with Crippen molar-refractivity contribution in [3.8, 4) is 11.5 Å². The highest BCUT2D eigenvalue weighted by Crippen LogP contribution is 2.49. The fourth-order valence-corrected chi connectivity index (χ4v) is 4.86. The Labute approximate surface area is 193 Å². The number of fused-ring (bicyclic) bond motifs is 3. The van der Waals surface area contributed by atoms with Crippen molar-refractivity contribution in [1.82, 2.24) is 0 Å². The lowest BCUT2D eigenvalue weighted by atomic mass is 9.74. The number of ketones is 1. The van der Waals surface area contributed by atoms with Crippen LogP contribution in [0.15, 0.2) is 65.9 Å². The van der Waals surface area contributed by atoms with Gasteiger partial charge in [0.2, 0.25) is 0 Å². The molecule has 3 aromatic rings. The van der Waals surface area contributed by atoms with Crippen LogP contribution in [-0.4, -0.2) is 18.9 Å². The summed E-state index contributed by atoms with van der Waals surface area (Å²) in [6.07, 6.45) is 2.26. The molecule has 3 aromatic carbocycles. The van der Waals surface area contributed by atoms with Crippen LogP contribution in [0.25, 0.3) is 10.8 Å². The minimum Gasteiger partial charge on any atom is -0.493 e. The summed E-state index contributed by atoms with van der Waals surface area (Å²) in [5, 5.41) is 5.80. The molecule has 0 bridgehead atoms. The maximum Gasteiger partial charge on any atom is 0.313 e. The molecule has 1 N–H and O–H groups in total. The molecule has 0 fully saturated rings. The Morgan fingerprint density at radius 2 is 1.85 bits per heavy atom. The van der Waals surface area contributed by atoms with E-state index in [9.17, 15) is 9.59 Å². The minimum absolute atomic E-state index is 0.182. The van der Waals surface area contributed by atoms with Crippen LogP contribution >= 0.6 is 0 Å². The Bertz CT molecular complexity index is 1300. The van der Waals surface area contributed by atoms with Gasteiger partial charge in [0.25, 0.3) is 0 Å². The second kappa shape index (κ2) is 8.39. The molecule has 1 heterocycles. The molecule has 5 nitrogen and oxygen atoms in total. The number of nitrogens with one attached hydrogen (secondary N) is 1. The number of carbonyl (C=O) groups is 2. The molecular weight excluding hydrogens is 414 g/mol. The number of Topliss-reactive ketones (excluding diaryl/α,β-unsaturated/α-hetero) is 1. The lowest BCUT2D eigenvalue weighted by molar-refractivity contribution is -0.137. The molecule has 5 rings (SSSR count). The van der Waals surface area contributed by atoms with Gasteiger partial charge in [-0.2, -0.15) is 0 Å². The van der Waals surface area contributed by atoms with Gasteiger partial charge < -0.3 is 14.8 Å². The zero-order valence-corrected chi connectivity index (χ0v) is 19.1. The van der Waals surface area contributed by atoms with Crippen LogP contribution in [0.1, 0.15) is 50.2 Å². The van der Waals surface area contributed by atoms with E-state index in [0.717, 1.165) is 51.7 Å². The van der Waals surface area contributed by atoms with Gasteiger partial charge in [0.15, 0.2) is 17.3 Å². The summed E-state index contributed by atoms with van der Waals surface area (Å²) < 4.78 is 11.2. The van der Waals surface area contributed by atoms with Gasteiger partial charge in [-0.05, 0) is 52.9 Å². The van der Waals surface area contributed by atoms with Crippen molar-refractivity contribution in [1.29, 1.82) is 0 Å². The van der Waals surface area contributed by atoms with E-state index in [-0.39, 0.29) is 23.6 Å². The SMILES string of the molecule is COc1cc(C2C3=C(CCCC3=O)Nc3ccc4ccccc4c32)ccc1OC(=O)C(C)C. The van der Waals surface area contributed by atoms with E-state index >= 15 is 0 Å². The third-order valence-electron chi connectivity index (χ3n) is 6.49. The lowest BCUT2D eigenvalue weighted by Crippen LogP contribution is -2.27. The summed E-state index contributed by atoms with van der Waals surface area (Å²) in [5.41, 5.74) is 4.91. The van der Waals surface area contributed by atoms with Crippen molar-refractivity contribution in [3.05, 3.63) is 77.0 Å². The molecular formula is C28H27NO4.